The Labute approximate surface area is 189 Å². The number of rotatable bonds is 5. The number of hydrogen-bond donors (Lipinski definition) is 0. The smallest absolute Gasteiger partial charge is 0.255 e. The van der Waals surface area contributed by atoms with Gasteiger partial charge in [-0.15, -0.1) is 0 Å². The first-order valence-electron chi connectivity index (χ1n) is 10.9. The number of methoxy groups -OCH3 is 2. The summed E-state index contributed by atoms with van der Waals surface area (Å²) in [7, 11) is 3.27. The van der Waals surface area contributed by atoms with Gasteiger partial charge >= 0.3 is 0 Å². The van der Waals surface area contributed by atoms with E-state index >= 15 is 0 Å². The van der Waals surface area contributed by atoms with Crippen LogP contribution in [0, 0.1) is 6.92 Å². The Hall–Kier alpha value is -3.25. The molecule has 4 rings (SSSR count). The van der Waals surface area contributed by atoms with Crippen LogP contribution < -0.4 is 9.47 Å². The van der Waals surface area contributed by atoms with Crippen LogP contribution in [0.25, 0.3) is 16.9 Å². The summed E-state index contributed by atoms with van der Waals surface area (Å²) >= 11 is 0. The van der Waals surface area contributed by atoms with Gasteiger partial charge in [0, 0.05) is 24.8 Å². The van der Waals surface area contributed by atoms with Gasteiger partial charge in [-0.1, -0.05) is 30.3 Å². The number of benzene rings is 2. The molecule has 6 heteroatoms. The van der Waals surface area contributed by atoms with Crippen LogP contribution in [0.15, 0.2) is 54.6 Å². The summed E-state index contributed by atoms with van der Waals surface area (Å²) in [5.74, 6) is 1.41. The molecule has 2 heterocycles. The predicted octanol–water partition coefficient (Wildman–Crippen LogP) is 4.72. The van der Waals surface area contributed by atoms with E-state index in [2.05, 4.69) is 16.7 Å². The Morgan fingerprint density at radius 1 is 0.969 bits per heavy atom. The van der Waals surface area contributed by atoms with E-state index in [1.165, 1.54) is 0 Å². The van der Waals surface area contributed by atoms with Crippen LogP contribution in [0.1, 0.15) is 29.9 Å². The predicted molar refractivity (Wildman–Crippen MR) is 125 cm³/mol. The van der Waals surface area contributed by atoms with Crippen molar-refractivity contribution in [2.24, 2.45) is 0 Å². The molecule has 0 radical (unpaired) electrons. The molecule has 0 bridgehead atoms. The molecule has 3 aromatic rings. The van der Waals surface area contributed by atoms with Gasteiger partial charge in [0.2, 0.25) is 0 Å². The van der Waals surface area contributed by atoms with Crippen molar-refractivity contribution in [1.82, 2.24) is 9.47 Å². The van der Waals surface area contributed by atoms with Crippen LogP contribution in [-0.2, 0) is 4.74 Å². The number of nitrogens with zero attached hydrogens (tertiary/aromatic N) is 2. The third kappa shape index (κ3) is 4.10. The third-order valence-corrected chi connectivity index (χ3v) is 5.88. The van der Waals surface area contributed by atoms with Crippen LogP contribution >= 0.6 is 0 Å². The van der Waals surface area contributed by atoms with Gasteiger partial charge in [0.1, 0.15) is 11.5 Å². The van der Waals surface area contributed by atoms with Gasteiger partial charge in [0.05, 0.1) is 43.4 Å². The fourth-order valence-electron chi connectivity index (χ4n) is 4.44. The molecule has 2 aromatic carbocycles. The van der Waals surface area contributed by atoms with Crippen molar-refractivity contribution in [3.63, 3.8) is 0 Å². The largest absolute Gasteiger partial charge is 0.497 e. The highest BCUT2D eigenvalue weighted by Crippen LogP contribution is 2.36. The Morgan fingerprint density at radius 2 is 1.66 bits per heavy atom. The molecular formula is C26H30N2O4. The van der Waals surface area contributed by atoms with Gasteiger partial charge in [0.25, 0.3) is 5.91 Å². The lowest BCUT2D eigenvalue weighted by atomic mass is 10.1. The first kappa shape index (κ1) is 22.0. The lowest BCUT2D eigenvalue weighted by Gasteiger charge is -2.35. The van der Waals surface area contributed by atoms with E-state index < -0.39 is 0 Å². The summed E-state index contributed by atoms with van der Waals surface area (Å²) in [5.41, 5.74) is 4.36. The normalized spacial score (nSPS) is 18.5. The van der Waals surface area contributed by atoms with Gasteiger partial charge in [-0.2, -0.15) is 0 Å². The van der Waals surface area contributed by atoms with Gasteiger partial charge in [-0.05, 0) is 44.5 Å². The quantitative estimate of drug-likeness (QED) is 0.583. The van der Waals surface area contributed by atoms with E-state index in [0.717, 1.165) is 22.6 Å². The molecule has 168 valence electrons. The molecule has 0 spiro atoms. The van der Waals surface area contributed by atoms with Gasteiger partial charge in [0.15, 0.2) is 0 Å². The van der Waals surface area contributed by atoms with Crippen LogP contribution in [0.4, 0.5) is 0 Å². The fraction of sp³-hybridized carbons (Fsp3) is 0.346. The Kier molecular flexibility index (Phi) is 6.24. The van der Waals surface area contributed by atoms with Gasteiger partial charge < -0.3 is 23.7 Å². The van der Waals surface area contributed by atoms with Crippen molar-refractivity contribution in [3.8, 4) is 28.4 Å². The molecule has 0 aliphatic carbocycles. The summed E-state index contributed by atoms with van der Waals surface area (Å²) in [6, 6.07) is 17.8. The summed E-state index contributed by atoms with van der Waals surface area (Å²) < 4.78 is 19.0. The van der Waals surface area contributed by atoms with Crippen molar-refractivity contribution in [1.29, 1.82) is 0 Å². The maximum absolute atomic E-state index is 13.6. The summed E-state index contributed by atoms with van der Waals surface area (Å²) in [5, 5.41) is 0. The molecule has 1 aromatic heterocycles. The summed E-state index contributed by atoms with van der Waals surface area (Å²) in [6.45, 7) is 7.16. The van der Waals surface area contributed by atoms with E-state index in [4.69, 9.17) is 14.2 Å². The number of carbonyl (C=O) groups is 1. The van der Waals surface area contributed by atoms with Gasteiger partial charge in [-0.25, -0.2) is 0 Å². The molecule has 1 aliphatic heterocycles. The molecule has 1 fully saturated rings. The number of morpholine rings is 1. The van der Waals surface area contributed by atoms with Crippen molar-refractivity contribution >= 4 is 5.91 Å². The number of amides is 1. The molecule has 1 amide bonds. The lowest BCUT2D eigenvalue weighted by molar-refractivity contribution is -0.0586. The molecule has 6 nitrogen and oxygen atoms in total. The highest BCUT2D eigenvalue weighted by molar-refractivity contribution is 5.97. The molecule has 2 atom stereocenters. The average molecular weight is 435 g/mol. The average Bonchev–Trinajstić information content (AvgIpc) is 3.14. The Balaban J connectivity index is 1.87. The monoisotopic (exact) mass is 434 g/mol. The van der Waals surface area contributed by atoms with Crippen molar-refractivity contribution < 1.29 is 19.0 Å². The minimum atomic E-state index is 0.0142. The Morgan fingerprint density at radius 3 is 2.28 bits per heavy atom. The molecule has 1 aliphatic rings. The van der Waals surface area contributed by atoms with Crippen LogP contribution in [0.2, 0.25) is 0 Å². The maximum atomic E-state index is 13.6. The Bertz CT molecular complexity index is 1100. The second-order valence-corrected chi connectivity index (χ2v) is 8.24. The van der Waals surface area contributed by atoms with Crippen molar-refractivity contribution in [3.05, 3.63) is 65.9 Å². The zero-order chi connectivity index (χ0) is 22.8. The number of carbonyl (C=O) groups excluding carboxylic acids is 1. The number of ether oxygens (including phenoxy) is 3. The zero-order valence-corrected chi connectivity index (χ0v) is 19.3. The number of hydrogen-bond acceptors (Lipinski definition) is 4. The third-order valence-electron chi connectivity index (χ3n) is 5.88. The first-order chi connectivity index (χ1) is 15.4. The lowest BCUT2D eigenvalue weighted by Crippen LogP contribution is -2.48. The van der Waals surface area contributed by atoms with E-state index in [1.807, 2.05) is 68.1 Å². The summed E-state index contributed by atoms with van der Waals surface area (Å²) in [4.78, 5) is 15.5. The fourth-order valence-corrected chi connectivity index (χ4v) is 4.44. The molecule has 32 heavy (non-hydrogen) atoms. The molecule has 1 saturated heterocycles. The minimum absolute atomic E-state index is 0.0142. The van der Waals surface area contributed by atoms with E-state index in [9.17, 15) is 4.79 Å². The standard InChI is InChI=1S/C26H30N2O4/c1-17-15-27(16-18(2)32-17)26(29)22-14-24(20-9-7-6-8-10-20)28(19(22)3)23-12-11-21(30-4)13-25(23)31-5/h6-14,17-18H,15-16H2,1-5H3. The van der Waals surface area contributed by atoms with Crippen molar-refractivity contribution in [2.45, 2.75) is 33.0 Å². The highest BCUT2D eigenvalue weighted by atomic mass is 16.5. The minimum Gasteiger partial charge on any atom is -0.497 e. The zero-order valence-electron chi connectivity index (χ0n) is 19.3. The summed E-state index contributed by atoms with van der Waals surface area (Å²) in [6.07, 6.45) is 0.0285. The molecule has 0 saturated carbocycles. The SMILES string of the molecule is COc1ccc(-n2c(-c3ccccc3)cc(C(=O)N3CC(C)OC(C)C3)c2C)c(OC)c1. The van der Waals surface area contributed by atoms with E-state index in [0.29, 0.717) is 30.2 Å². The van der Waals surface area contributed by atoms with Gasteiger partial charge in [-0.3, -0.25) is 4.79 Å². The van der Waals surface area contributed by atoms with Crippen molar-refractivity contribution in [2.75, 3.05) is 27.3 Å². The molecule has 0 N–H and O–H groups in total. The van der Waals surface area contributed by atoms with Crippen LogP contribution in [0.3, 0.4) is 0 Å². The maximum Gasteiger partial charge on any atom is 0.255 e. The highest BCUT2D eigenvalue weighted by Gasteiger charge is 2.30. The molecular weight excluding hydrogens is 404 g/mol. The van der Waals surface area contributed by atoms with E-state index in [1.54, 1.807) is 14.2 Å². The molecule has 2 unspecified atom stereocenters. The first-order valence-corrected chi connectivity index (χ1v) is 10.9. The second-order valence-electron chi connectivity index (χ2n) is 8.24. The van der Waals surface area contributed by atoms with Crippen LogP contribution in [0.5, 0.6) is 11.5 Å². The van der Waals surface area contributed by atoms with Crippen LogP contribution in [-0.4, -0.2) is 54.9 Å². The topological polar surface area (TPSA) is 52.9 Å². The second kappa shape index (κ2) is 9.09. The van der Waals surface area contributed by atoms with E-state index in [-0.39, 0.29) is 18.1 Å². The number of aromatic nitrogens is 1.